The Labute approximate surface area is 124 Å². The highest BCUT2D eigenvalue weighted by Gasteiger charge is 2.16. The van der Waals surface area contributed by atoms with Crippen LogP contribution in [0.4, 0.5) is 8.78 Å². The van der Waals surface area contributed by atoms with Gasteiger partial charge in [-0.05, 0) is 43.5 Å². The minimum absolute atomic E-state index is 0.0344. The van der Waals surface area contributed by atoms with E-state index < -0.39 is 11.6 Å². The van der Waals surface area contributed by atoms with Gasteiger partial charge in [-0.1, -0.05) is 12.5 Å². The third-order valence-electron chi connectivity index (χ3n) is 3.95. The van der Waals surface area contributed by atoms with E-state index in [9.17, 15) is 13.6 Å². The topological polar surface area (TPSA) is 32.3 Å². The van der Waals surface area contributed by atoms with E-state index in [1.165, 1.54) is 18.9 Å². The lowest BCUT2D eigenvalue weighted by Crippen LogP contribution is -2.35. The van der Waals surface area contributed by atoms with Gasteiger partial charge in [-0.15, -0.1) is 0 Å². The maximum atomic E-state index is 13.1. The molecule has 0 bridgehead atoms. The summed E-state index contributed by atoms with van der Waals surface area (Å²) in [6, 6.07) is 4.17. The molecule has 0 saturated carbocycles. The van der Waals surface area contributed by atoms with Crippen molar-refractivity contribution in [3.05, 3.63) is 35.4 Å². The van der Waals surface area contributed by atoms with Gasteiger partial charge in [0.25, 0.3) is 0 Å². The summed E-state index contributed by atoms with van der Waals surface area (Å²) in [4.78, 5) is 13.6. The number of nitrogens with zero attached hydrogens (tertiary/aromatic N) is 1. The third kappa shape index (κ3) is 4.77. The standard InChI is InChI=1S/C16H22F2N2O/c1-20(11-12-5-7-14(17)15(18)10-12)16(21)8-6-13-4-2-3-9-19-13/h5,7,10,13,19H,2-4,6,8-9,11H2,1H3. The molecule has 1 fully saturated rings. The van der Waals surface area contributed by atoms with Crippen LogP contribution < -0.4 is 5.32 Å². The number of amides is 1. The average Bonchev–Trinajstić information content (AvgIpc) is 2.49. The van der Waals surface area contributed by atoms with E-state index in [4.69, 9.17) is 0 Å². The van der Waals surface area contributed by atoms with Crippen molar-refractivity contribution in [1.82, 2.24) is 10.2 Å². The molecule has 1 aromatic carbocycles. The Hall–Kier alpha value is -1.49. The Bertz CT molecular complexity index is 487. The fraction of sp³-hybridized carbons (Fsp3) is 0.562. The first-order valence-corrected chi connectivity index (χ1v) is 7.47. The molecule has 1 aliphatic heterocycles. The van der Waals surface area contributed by atoms with Crippen molar-refractivity contribution in [1.29, 1.82) is 0 Å². The van der Waals surface area contributed by atoms with Crippen molar-refractivity contribution < 1.29 is 13.6 Å². The Kier molecular flexibility index (Phi) is 5.67. The first kappa shape index (κ1) is 15.9. The minimum Gasteiger partial charge on any atom is -0.341 e. The van der Waals surface area contributed by atoms with Gasteiger partial charge in [0.1, 0.15) is 0 Å². The molecule has 116 valence electrons. The molecule has 1 amide bonds. The van der Waals surface area contributed by atoms with Gasteiger partial charge >= 0.3 is 0 Å². The Morgan fingerprint density at radius 3 is 2.81 bits per heavy atom. The molecule has 0 spiro atoms. The number of benzene rings is 1. The van der Waals surface area contributed by atoms with E-state index in [0.29, 0.717) is 24.6 Å². The molecule has 1 aliphatic rings. The second-order valence-corrected chi connectivity index (χ2v) is 5.68. The molecule has 21 heavy (non-hydrogen) atoms. The van der Waals surface area contributed by atoms with E-state index in [1.807, 2.05) is 0 Å². The van der Waals surface area contributed by atoms with Crippen LogP contribution in [0.5, 0.6) is 0 Å². The predicted molar refractivity (Wildman–Crippen MR) is 77.7 cm³/mol. The molecule has 1 atom stereocenters. The zero-order chi connectivity index (χ0) is 15.2. The van der Waals surface area contributed by atoms with Crippen LogP contribution >= 0.6 is 0 Å². The normalized spacial score (nSPS) is 18.5. The molecule has 3 nitrogen and oxygen atoms in total. The van der Waals surface area contributed by atoms with Crippen LogP contribution in [-0.4, -0.2) is 30.4 Å². The molecular formula is C16H22F2N2O. The van der Waals surface area contributed by atoms with Crippen LogP contribution in [0.3, 0.4) is 0 Å². The van der Waals surface area contributed by atoms with Gasteiger partial charge in [0.2, 0.25) is 5.91 Å². The minimum atomic E-state index is -0.875. The van der Waals surface area contributed by atoms with Gasteiger partial charge in [0.05, 0.1) is 0 Å². The van der Waals surface area contributed by atoms with Crippen LogP contribution in [0.25, 0.3) is 0 Å². The Morgan fingerprint density at radius 1 is 1.33 bits per heavy atom. The number of carbonyl (C=O) groups excluding carboxylic acids is 1. The SMILES string of the molecule is CN(Cc1ccc(F)c(F)c1)C(=O)CCC1CCCCN1. The van der Waals surface area contributed by atoms with Gasteiger partial charge in [-0.25, -0.2) is 8.78 Å². The van der Waals surface area contributed by atoms with Gasteiger partial charge in [0.15, 0.2) is 11.6 Å². The van der Waals surface area contributed by atoms with Crippen LogP contribution in [0.1, 0.15) is 37.7 Å². The van der Waals surface area contributed by atoms with Gasteiger partial charge in [0, 0.05) is 26.1 Å². The monoisotopic (exact) mass is 296 g/mol. The van der Waals surface area contributed by atoms with Crippen LogP contribution in [-0.2, 0) is 11.3 Å². The highest BCUT2D eigenvalue weighted by atomic mass is 19.2. The second-order valence-electron chi connectivity index (χ2n) is 5.68. The van der Waals surface area contributed by atoms with Crippen molar-refractivity contribution in [3.63, 3.8) is 0 Å². The van der Waals surface area contributed by atoms with E-state index >= 15 is 0 Å². The van der Waals surface area contributed by atoms with E-state index in [2.05, 4.69) is 5.32 Å². The van der Waals surface area contributed by atoms with Crippen molar-refractivity contribution in [2.75, 3.05) is 13.6 Å². The summed E-state index contributed by atoms with van der Waals surface area (Å²) in [5, 5.41) is 3.41. The van der Waals surface area contributed by atoms with Gasteiger partial charge < -0.3 is 10.2 Å². The van der Waals surface area contributed by atoms with E-state index in [0.717, 1.165) is 31.5 Å². The number of hydrogen-bond donors (Lipinski definition) is 1. The van der Waals surface area contributed by atoms with Gasteiger partial charge in [-0.3, -0.25) is 4.79 Å². The molecule has 0 aliphatic carbocycles. The predicted octanol–water partition coefficient (Wildman–Crippen LogP) is 2.85. The number of hydrogen-bond acceptors (Lipinski definition) is 2. The quantitative estimate of drug-likeness (QED) is 0.906. The third-order valence-corrected chi connectivity index (χ3v) is 3.95. The van der Waals surface area contributed by atoms with Crippen molar-refractivity contribution in [2.24, 2.45) is 0 Å². The number of carbonyl (C=O) groups is 1. The zero-order valence-corrected chi connectivity index (χ0v) is 12.4. The number of nitrogens with one attached hydrogen (secondary N) is 1. The maximum absolute atomic E-state index is 13.1. The smallest absolute Gasteiger partial charge is 0.222 e. The van der Waals surface area contributed by atoms with Crippen LogP contribution in [0, 0.1) is 11.6 Å². The maximum Gasteiger partial charge on any atom is 0.222 e. The molecule has 0 aromatic heterocycles. The number of halogens is 2. The number of rotatable bonds is 5. The highest BCUT2D eigenvalue weighted by Crippen LogP contribution is 2.14. The first-order valence-electron chi connectivity index (χ1n) is 7.47. The molecule has 1 saturated heterocycles. The van der Waals surface area contributed by atoms with Crippen LogP contribution in [0.15, 0.2) is 18.2 Å². The fourth-order valence-electron chi connectivity index (χ4n) is 2.66. The summed E-state index contributed by atoms with van der Waals surface area (Å²) in [6.45, 7) is 1.33. The lowest BCUT2D eigenvalue weighted by atomic mass is 10.0. The molecule has 2 rings (SSSR count). The molecule has 1 aromatic rings. The molecule has 5 heteroatoms. The molecular weight excluding hydrogens is 274 g/mol. The molecule has 1 unspecified atom stereocenters. The number of piperidine rings is 1. The summed E-state index contributed by atoms with van der Waals surface area (Å²) in [7, 11) is 1.69. The Morgan fingerprint density at radius 2 is 2.14 bits per heavy atom. The molecule has 1 heterocycles. The lowest BCUT2D eigenvalue weighted by molar-refractivity contribution is -0.130. The summed E-state index contributed by atoms with van der Waals surface area (Å²) < 4.78 is 26.0. The van der Waals surface area contributed by atoms with Crippen molar-refractivity contribution in [2.45, 2.75) is 44.7 Å². The zero-order valence-electron chi connectivity index (χ0n) is 12.4. The highest BCUT2D eigenvalue weighted by molar-refractivity contribution is 5.75. The van der Waals surface area contributed by atoms with Crippen LogP contribution in [0.2, 0.25) is 0 Å². The summed E-state index contributed by atoms with van der Waals surface area (Å²) in [6.07, 6.45) is 4.87. The second kappa shape index (κ2) is 7.50. The lowest BCUT2D eigenvalue weighted by Gasteiger charge is -2.24. The molecule has 0 radical (unpaired) electrons. The van der Waals surface area contributed by atoms with E-state index in [-0.39, 0.29) is 5.91 Å². The summed E-state index contributed by atoms with van der Waals surface area (Å²) in [5.41, 5.74) is 0.598. The summed E-state index contributed by atoms with van der Waals surface area (Å²) in [5.74, 6) is -1.71. The first-order chi connectivity index (χ1) is 10.1. The van der Waals surface area contributed by atoms with Crippen molar-refractivity contribution in [3.8, 4) is 0 Å². The summed E-state index contributed by atoms with van der Waals surface area (Å²) >= 11 is 0. The largest absolute Gasteiger partial charge is 0.341 e. The van der Waals surface area contributed by atoms with Crippen molar-refractivity contribution >= 4 is 5.91 Å². The Balaban J connectivity index is 1.79. The average molecular weight is 296 g/mol. The van der Waals surface area contributed by atoms with E-state index in [1.54, 1.807) is 11.9 Å². The van der Waals surface area contributed by atoms with Gasteiger partial charge in [-0.2, -0.15) is 0 Å². The fourth-order valence-corrected chi connectivity index (χ4v) is 2.66. The molecule has 1 N–H and O–H groups in total.